The minimum Gasteiger partial charge on any atom is -0.166 e. The zero-order chi connectivity index (χ0) is 10.2. The van der Waals surface area contributed by atoms with Crippen LogP contribution in [0.4, 0.5) is 13.2 Å². The van der Waals surface area contributed by atoms with E-state index in [1.165, 1.54) is 6.07 Å². The molecule has 13 heavy (non-hydrogen) atoms. The van der Waals surface area contributed by atoms with Crippen molar-refractivity contribution in [3.8, 4) is 0 Å². The summed E-state index contributed by atoms with van der Waals surface area (Å²) in [6, 6.07) is 2.39. The van der Waals surface area contributed by atoms with E-state index in [9.17, 15) is 13.2 Å². The lowest BCUT2D eigenvalue weighted by atomic mass is 10.2. The van der Waals surface area contributed by atoms with Crippen LogP contribution in [0.5, 0.6) is 0 Å². The molecule has 0 aliphatic heterocycles. The Bertz CT molecular complexity index is 335. The largest absolute Gasteiger partial charge is 0.417 e. The van der Waals surface area contributed by atoms with E-state index < -0.39 is 11.7 Å². The molecule has 0 spiro atoms. The summed E-state index contributed by atoms with van der Waals surface area (Å²) in [5.41, 5.74) is -0.851. The first-order valence-corrected chi connectivity index (χ1v) is 5.00. The molecule has 0 radical (unpaired) electrons. The molecule has 1 aromatic carbocycles. The number of halogens is 6. The summed E-state index contributed by atoms with van der Waals surface area (Å²) in [5.74, 6) is 0. The van der Waals surface area contributed by atoms with Gasteiger partial charge in [0.2, 0.25) is 0 Å². The van der Waals surface area contributed by atoms with E-state index in [2.05, 4.69) is 31.9 Å². The summed E-state index contributed by atoms with van der Waals surface area (Å²) >= 11 is 11.3. The van der Waals surface area contributed by atoms with Gasteiger partial charge in [-0.2, -0.15) is 13.2 Å². The van der Waals surface area contributed by atoms with Crippen LogP contribution in [-0.2, 0) is 6.18 Å². The number of rotatable bonds is 0. The first-order chi connectivity index (χ1) is 5.82. The zero-order valence-electron chi connectivity index (χ0n) is 5.92. The van der Waals surface area contributed by atoms with Gasteiger partial charge in [-0.3, -0.25) is 0 Å². The van der Waals surface area contributed by atoms with Gasteiger partial charge >= 0.3 is 6.18 Å². The molecule has 0 heterocycles. The smallest absolute Gasteiger partial charge is 0.166 e. The molecular formula is C7H2Br2ClF3. The molecule has 1 aromatic rings. The summed E-state index contributed by atoms with van der Waals surface area (Å²) in [4.78, 5) is 0. The second-order valence-electron chi connectivity index (χ2n) is 2.25. The Labute approximate surface area is 94.3 Å². The molecule has 1 rings (SSSR count). The van der Waals surface area contributed by atoms with Crippen LogP contribution >= 0.6 is 43.5 Å². The maximum absolute atomic E-state index is 12.3. The highest BCUT2D eigenvalue weighted by molar-refractivity contribution is 9.11. The Morgan fingerprint density at radius 1 is 1.15 bits per heavy atom. The molecule has 0 saturated carbocycles. The van der Waals surface area contributed by atoms with E-state index in [0.29, 0.717) is 4.47 Å². The van der Waals surface area contributed by atoms with Gasteiger partial charge in [0, 0.05) is 8.95 Å². The van der Waals surface area contributed by atoms with Crippen molar-refractivity contribution in [1.82, 2.24) is 0 Å². The van der Waals surface area contributed by atoms with Crippen molar-refractivity contribution in [2.45, 2.75) is 6.18 Å². The second kappa shape index (κ2) is 3.79. The molecule has 0 atom stereocenters. The van der Waals surface area contributed by atoms with E-state index in [1.54, 1.807) is 0 Å². The van der Waals surface area contributed by atoms with E-state index >= 15 is 0 Å². The minimum absolute atomic E-state index is 0.218. The second-order valence-corrected chi connectivity index (χ2v) is 4.39. The van der Waals surface area contributed by atoms with Crippen LogP contribution in [0, 0.1) is 0 Å². The third kappa shape index (κ3) is 2.60. The Hall–Kier alpha value is 0.260. The molecule has 0 N–H and O–H groups in total. The van der Waals surface area contributed by atoms with Gasteiger partial charge in [-0.05, 0) is 28.1 Å². The first-order valence-electron chi connectivity index (χ1n) is 3.04. The van der Waals surface area contributed by atoms with Crippen molar-refractivity contribution in [2.24, 2.45) is 0 Å². The van der Waals surface area contributed by atoms with Crippen molar-refractivity contribution < 1.29 is 13.2 Å². The van der Waals surface area contributed by atoms with Gasteiger partial charge in [0.1, 0.15) is 0 Å². The molecule has 0 aliphatic carbocycles. The lowest BCUT2D eigenvalue weighted by Crippen LogP contribution is -2.06. The maximum Gasteiger partial charge on any atom is 0.417 e. The van der Waals surface area contributed by atoms with Crippen LogP contribution in [0.25, 0.3) is 0 Å². The molecule has 0 fully saturated rings. The van der Waals surface area contributed by atoms with Gasteiger partial charge < -0.3 is 0 Å². The fraction of sp³-hybridized carbons (Fsp3) is 0.143. The van der Waals surface area contributed by atoms with Crippen LogP contribution < -0.4 is 0 Å². The van der Waals surface area contributed by atoms with E-state index in [0.717, 1.165) is 6.07 Å². The van der Waals surface area contributed by atoms with Crippen molar-refractivity contribution >= 4 is 43.5 Å². The van der Waals surface area contributed by atoms with Gasteiger partial charge in [-0.15, -0.1) is 0 Å². The number of benzene rings is 1. The van der Waals surface area contributed by atoms with E-state index in [1.807, 2.05) is 0 Å². The molecule has 72 valence electrons. The fourth-order valence-corrected chi connectivity index (χ4v) is 2.20. The first kappa shape index (κ1) is 11.3. The molecule has 0 bridgehead atoms. The molecular weight excluding hydrogens is 336 g/mol. The topological polar surface area (TPSA) is 0 Å². The molecule has 0 amide bonds. The van der Waals surface area contributed by atoms with Gasteiger partial charge in [0.15, 0.2) is 0 Å². The average Bonchev–Trinajstić information content (AvgIpc) is 1.94. The highest BCUT2D eigenvalue weighted by atomic mass is 79.9. The summed E-state index contributed by atoms with van der Waals surface area (Å²) in [5, 5.41) is -0.323. The number of hydrogen-bond acceptors (Lipinski definition) is 0. The van der Waals surface area contributed by atoms with Crippen LogP contribution in [0.3, 0.4) is 0 Å². The minimum atomic E-state index is -4.43. The Morgan fingerprint density at radius 2 is 1.69 bits per heavy atom. The third-order valence-corrected chi connectivity index (χ3v) is 3.02. The van der Waals surface area contributed by atoms with Crippen molar-refractivity contribution in [3.05, 3.63) is 31.7 Å². The lowest BCUT2D eigenvalue weighted by Gasteiger charge is -2.10. The average molecular weight is 338 g/mol. The molecule has 0 aromatic heterocycles. The molecule has 0 saturated heterocycles. The van der Waals surface area contributed by atoms with E-state index in [4.69, 9.17) is 11.6 Å². The molecule has 6 heteroatoms. The van der Waals surface area contributed by atoms with E-state index in [-0.39, 0.29) is 9.50 Å². The maximum atomic E-state index is 12.3. The summed E-state index contributed by atoms with van der Waals surface area (Å²) in [6.07, 6.45) is -4.43. The van der Waals surface area contributed by atoms with Gasteiger partial charge in [-0.25, -0.2) is 0 Å². The predicted molar refractivity (Wildman–Crippen MR) is 51.9 cm³/mol. The monoisotopic (exact) mass is 336 g/mol. The van der Waals surface area contributed by atoms with Crippen LogP contribution in [0.1, 0.15) is 5.56 Å². The molecule has 0 aliphatic rings. The number of alkyl halides is 3. The normalized spacial score (nSPS) is 11.8. The van der Waals surface area contributed by atoms with Crippen molar-refractivity contribution in [2.75, 3.05) is 0 Å². The predicted octanol–water partition coefficient (Wildman–Crippen LogP) is 4.88. The lowest BCUT2D eigenvalue weighted by molar-refractivity contribution is -0.137. The third-order valence-electron chi connectivity index (χ3n) is 1.30. The van der Waals surface area contributed by atoms with Crippen molar-refractivity contribution in [1.29, 1.82) is 0 Å². The standard InChI is InChI=1S/C7H2Br2ClF3/c8-3-1-4(7(11,12)13)6(10)5(9)2-3/h1-2H. The van der Waals surface area contributed by atoms with Crippen LogP contribution in [-0.4, -0.2) is 0 Å². The summed E-state index contributed by atoms with van der Waals surface area (Å²) in [7, 11) is 0. The number of hydrogen-bond donors (Lipinski definition) is 0. The van der Waals surface area contributed by atoms with Crippen LogP contribution in [0.15, 0.2) is 21.1 Å². The van der Waals surface area contributed by atoms with Gasteiger partial charge in [0.05, 0.1) is 10.6 Å². The molecule has 0 unspecified atom stereocenters. The fourth-order valence-electron chi connectivity index (χ4n) is 0.762. The Balaban J connectivity index is 3.37. The summed E-state index contributed by atoms with van der Waals surface area (Å²) < 4.78 is 37.4. The highest BCUT2D eigenvalue weighted by Crippen LogP contribution is 2.40. The van der Waals surface area contributed by atoms with Gasteiger partial charge in [0.25, 0.3) is 0 Å². The van der Waals surface area contributed by atoms with Crippen molar-refractivity contribution in [3.63, 3.8) is 0 Å². The highest BCUT2D eigenvalue weighted by Gasteiger charge is 2.34. The van der Waals surface area contributed by atoms with Gasteiger partial charge in [-0.1, -0.05) is 27.5 Å². The Morgan fingerprint density at radius 3 is 2.15 bits per heavy atom. The quantitative estimate of drug-likeness (QED) is 0.591. The Kier molecular flexibility index (Phi) is 3.30. The SMILES string of the molecule is FC(F)(F)c1cc(Br)cc(Br)c1Cl. The molecule has 0 nitrogen and oxygen atoms in total. The van der Waals surface area contributed by atoms with Crippen LogP contribution in [0.2, 0.25) is 5.02 Å². The zero-order valence-corrected chi connectivity index (χ0v) is 9.85. The summed E-state index contributed by atoms with van der Waals surface area (Å²) in [6.45, 7) is 0.